The summed E-state index contributed by atoms with van der Waals surface area (Å²) in [7, 11) is 0. The van der Waals surface area contributed by atoms with Gasteiger partial charge in [-0.2, -0.15) is 0 Å². The molecule has 1 aliphatic rings. The second-order valence-electron chi connectivity index (χ2n) is 7.07. The Hall–Kier alpha value is -2.25. The van der Waals surface area contributed by atoms with E-state index in [1.165, 1.54) is 27.8 Å². The molecule has 1 nitrogen and oxygen atoms in total. The molecule has 0 aromatic heterocycles. The molecule has 0 saturated heterocycles. The van der Waals surface area contributed by atoms with Crippen LogP contribution in [0.15, 0.2) is 60.7 Å². The van der Waals surface area contributed by atoms with Crippen molar-refractivity contribution in [1.29, 1.82) is 0 Å². The van der Waals surface area contributed by atoms with E-state index < -0.39 is 0 Å². The van der Waals surface area contributed by atoms with Crippen molar-refractivity contribution < 1.29 is 0 Å². The van der Waals surface area contributed by atoms with Gasteiger partial charge < -0.3 is 5.32 Å². The van der Waals surface area contributed by atoms with Crippen LogP contribution in [0.5, 0.6) is 0 Å². The molecule has 1 aliphatic carbocycles. The van der Waals surface area contributed by atoms with E-state index in [-0.39, 0.29) is 5.41 Å². The van der Waals surface area contributed by atoms with Gasteiger partial charge in [0.2, 0.25) is 0 Å². The number of hydrogen-bond acceptors (Lipinski definition) is 1. The fourth-order valence-corrected chi connectivity index (χ4v) is 3.76. The third-order valence-corrected chi connectivity index (χ3v) is 5.21. The van der Waals surface area contributed by atoms with Crippen LogP contribution in [0, 0.1) is 6.92 Å². The molecule has 0 radical (unpaired) electrons. The van der Waals surface area contributed by atoms with Crippen LogP contribution in [0.1, 0.15) is 30.5 Å². The Kier molecular flexibility index (Phi) is 3.43. The maximum Gasteiger partial charge on any atom is 0.0409 e. The predicted octanol–water partition coefficient (Wildman–Crippen LogP) is 6.70. The van der Waals surface area contributed by atoms with E-state index in [1.807, 2.05) is 6.07 Å². The summed E-state index contributed by atoms with van der Waals surface area (Å²) < 4.78 is 0. The van der Waals surface area contributed by atoms with Gasteiger partial charge in [0.15, 0.2) is 0 Å². The Morgan fingerprint density at radius 1 is 0.750 bits per heavy atom. The van der Waals surface area contributed by atoms with Gasteiger partial charge in [-0.1, -0.05) is 55.3 Å². The third kappa shape index (κ3) is 2.40. The zero-order valence-electron chi connectivity index (χ0n) is 14.2. The quantitative estimate of drug-likeness (QED) is 0.550. The summed E-state index contributed by atoms with van der Waals surface area (Å²) in [6.07, 6.45) is 0. The van der Waals surface area contributed by atoms with Gasteiger partial charge in [-0.15, -0.1) is 0 Å². The highest BCUT2D eigenvalue weighted by molar-refractivity contribution is 6.30. The van der Waals surface area contributed by atoms with Gasteiger partial charge in [0, 0.05) is 21.8 Å². The molecule has 0 heterocycles. The van der Waals surface area contributed by atoms with Crippen molar-refractivity contribution in [2.75, 3.05) is 5.32 Å². The van der Waals surface area contributed by atoms with Crippen molar-refractivity contribution >= 4 is 23.0 Å². The largest absolute Gasteiger partial charge is 0.356 e. The van der Waals surface area contributed by atoms with E-state index in [1.54, 1.807) is 0 Å². The number of rotatable bonds is 2. The van der Waals surface area contributed by atoms with Crippen LogP contribution in [0.4, 0.5) is 11.4 Å². The molecule has 0 unspecified atom stereocenters. The summed E-state index contributed by atoms with van der Waals surface area (Å²) in [5, 5.41) is 4.31. The number of halogens is 1. The summed E-state index contributed by atoms with van der Waals surface area (Å²) in [6.45, 7) is 6.64. The maximum absolute atomic E-state index is 6.23. The molecule has 24 heavy (non-hydrogen) atoms. The van der Waals surface area contributed by atoms with Crippen LogP contribution in [0.3, 0.4) is 0 Å². The highest BCUT2D eigenvalue weighted by atomic mass is 35.5. The lowest BCUT2D eigenvalue weighted by Gasteiger charge is -2.22. The van der Waals surface area contributed by atoms with Gasteiger partial charge >= 0.3 is 0 Å². The van der Waals surface area contributed by atoms with Gasteiger partial charge in [0.05, 0.1) is 0 Å². The molecule has 0 atom stereocenters. The summed E-state index contributed by atoms with van der Waals surface area (Å²) in [6, 6.07) is 21.3. The second kappa shape index (κ2) is 5.39. The average Bonchev–Trinajstić information content (AvgIpc) is 2.77. The summed E-state index contributed by atoms with van der Waals surface area (Å²) in [5.41, 5.74) is 8.70. The molecule has 0 bridgehead atoms. The Balaban J connectivity index is 1.76. The van der Waals surface area contributed by atoms with Gasteiger partial charge in [-0.25, -0.2) is 0 Å². The minimum atomic E-state index is -0.0411. The zero-order valence-corrected chi connectivity index (χ0v) is 14.9. The molecule has 0 aliphatic heterocycles. The van der Waals surface area contributed by atoms with E-state index >= 15 is 0 Å². The molecular weight excluding hydrogens is 314 g/mol. The molecule has 1 N–H and O–H groups in total. The average molecular weight is 334 g/mol. The first-order chi connectivity index (χ1) is 11.4. The van der Waals surface area contributed by atoms with Crippen molar-refractivity contribution in [3.05, 3.63) is 82.4 Å². The molecule has 0 saturated carbocycles. The smallest absolute Gasteiger partial charge is 0.0409 e. The standard InChI is InChI=1S/C22H20ClN/c1-14-4-7-16(8-5-14)24-17-9-11-19-18-10-6-15(23)12-20(18)22(2,3)21(19)13-17/h4-13,24H,1-3H3. The van der Waals surface area contributed by atoms with E-state index in [2.05, 4.69) is 80.7 Å². The van der Waals surface area contributed by atoms with Crippen molar-refractivity contribution in [1.82, 2.24) is 0 Å². The van der Waals surface area contributed by atoms with Crippen molar-refractivity contribution in [3.8, 4) is 11.1 Å². The molecule has 0 spiro atoms. The summed E-state index contributed by atoms with van der Waals surface area (Å²) >= 11 is 6.23. The van der Waals surface area contributed by atoms with E-state index in [0.29, 0.717) is 0 Å². The minimum absolute atomic E-state index is 0.0411. The number of hydrogen-bond donors (Lipinski definition) is 1. The molecule has 3 aromatic rings. The van der Waals surface area contributed by atoms with Gasteiger partial charge in [-0.05, 0) is 65.6 Å². The molecule has 4 rings (SSSR count). The molecule has 0 fully saturated rings. The monoisotopic (exact) mass is 333 g/mol. The van der Waals surface area contributed by atoms with Crippen molar-refractivity contribution in [3.63, 3.8) is 0 Å². The Morgan fingerprint density at radius 3 is 2.04 bits per heavy atom. The fraction of sp³-hybridized carbons (Fsp3) is 0.182. The van der Waals surface area contributed by atoms with Crippen LogP contribution < -0.4 is 5.32 Å². The lowest BCUT2D eigenvalue weighted by molar-refractivity contribution is 0.660. The SMILES string of the molecule is Cc1ccc(Nc2ccc3c(c2)C(C)(C)c2cc(Cl)ccc2-3)cc1. The first kappa shape index (κ1) is 15.3. The molecule has 3 aromatic carbocycles. The number of fused-ring (bicyclic) bond motifs is 3. The van der Waals surface area contributed by atoms with E-state index in [9.17, 15) is 0 Å². The van der Waals surface area contributed by atoms with Gasteiger partial charge in [0.1, 0.15) is 0 Å². The van der Waals surface area contributed by atoms with Crippen molar-refractivity contribution in [2.45, 2.75) is 26.2 Å². The lowest BCUT2D eigenvalue weighted by Crippen LogP contribution is -2.15. The van der Waals surface area contributed by atoms with Crippen LogP contribution in [-0.2, 0) is 5.41 Å². The lowest BCUT2D eigenvalue weighted by atomic mass is 9.82. The maximum atomic E-state index is 6.23. The van der Waals surface area contributed by atoms with Gasteiger partial charge in [0.25, 0.3) is 0 Å². The predicted molar refractivity (Wildman–Crippen MR) is 103 cm³/mol. The van der Waals surface area contributed by atoms with Crippen LogP contribution in [-0.4, -0.2) is 0 Å². The highest BCUT2D eigenvalue weighted by Gasteiger charge is 2.35. The fourth-order valence-electron chi connectivity index (χ4n) is 3.59. The topological polar surface area (TPSA) is 12.0 Å². The molecule has 120 valence electrons. The van der Waals surface area contributed by atoms with Gasteiger partial charge in [-0.3, -0.25) is 0 Å². The first-order valence-electron chi connectivity index (χ1n) is 8.24. The minimum Gasteiger partial charge on any atom is -0.356 e. The summed E-state index contributed by atoms with van der Waals surface area (Å²) in [4.78, 5) is 0. The molecule has 0 amide bonds. The highest BCUT2D eigenvalue weighted by Crippen LogP contribution is 2.50. The Labute approximate surface area is 148 Å². The third-order valence-electron chi connectivity index (χ3n) is 4.98. The van der Waals surface area contributed by atoms with E-state index in [4.69, 9.17) is 11.6 Å². The molecular formula is C22H20ClN. The number of aryl methyl sites for hydroxylation is 1. The van der Waals surface area contributed by atoms with Crippen LogP contribution in [0.2, 0.25) is 5.02 Å². The second-order valence-corrected chi connectivity index (χ2v) is 7.50. The van der Waals surface area contributed by atoms with Crippen molar-refractivity contribution in [2.24, 2.45) is 0 Å². The Morgan fingerprint density at radius 2 is 1.33 bits per heavy atom. The first-order valence-corrected chi connectivity index (χ1v) is 8.61. The zero-order chi connectivity index (χ0) is 16.9. The molecule has 2 heteroatoms. The number of anilines is 2. The van der Waals surface area contributed by atoms with Crippen LogP contribution >= 0.6 is 11.6 Å². The van der Waals surface area contributed by atoms with E-state index in [0.717, 1.165) is 16.4 Å². The normalized spacial score (nSPS) is 14.2. The number of benzene rings is 3. The Bertz CT molecular complexity index is 923. The summed E-state index contributed by atoms with van der Waals surface area (Å²) in [5.74, 6) is 0. The number of nitrogens with one attached hydrogen (secondary N) is 1. The van der Waals surface area contributed by atoms with Crippen LogP contribution in [0.25, 0.3) is 11.1 Å².